The summed E-state index contributed by atoms with van der Waals surface area (Å²) in [4.78, 5) is 12.4. The molecule has 0 fully saturated rings. The average Bonchev–Trinajstić information content (AvgIpc) is 3.20. The van der Waals surface area contributed by atoms with Crippen LogP contribution in [0, 0.1) is 0 Å². The van der Waals surface area contributed by atoms with Gasteiger partial charge in [0.25, 0.3) is 5.91 Å². The molecule has 8 heteroatoms. The molecule has 0 radical (unpaired) electrons. The number of rotatable bonds is 9. The van der Waals surface area contributed by atoms with E-state index in [1.165, 1.54) is 0 Å². The van der Waals surface area contributed by atoms with Gasteiger partial charge in [-0.15, -0.1) is 0 Å². The van der Waals surface area contributed by atoms with E-state index < -0.39 is 15.7 Å². The SMILES string of the molecule is O=C(NCCCS(=O)(=O)c1ccccc1)c1ccc(COc2ccc(Br)cc2)o1. The highest BCUT2D eigenvalue weighted by Crippen LogP contribution is 2.18. The van der Waals surface area contributed by atoms with Crippen LogP contribution in [0.3, 0.4) is 0 Å². The van der Waals surface area contributed by atoms with Gasteiger partial charge in [0.2, 0.25) is 0 Å². The lowest BCUT2D eigenvalue weighted by atomic mass is 10.3. The number of ether oxygens (including phenoxy) is 1. The van der Waals surface area contributed by atoms with E-state index in [0.29, 0.717) is 17.9 Å². The second kappa shape index (κ2) is 9.76. The lowest BCUT2D eigenvalue weighted by Gasteiger charge is -2.06. The fourth-order valence-electron chi connectivity index (χ4n) is 2.56. The largest absolute Gasteiger partial charge is 0.486 e. The lowest BCUT2D eigenvalue weighted by molar-refractivity contribution is 0.0922. The fourth-order valence-corrected chi connectivity index (χ4v) is 4.16. The van der Waals surface area contributed by atoms with Crippen molar-refractivity contribution in [2.24, 2.45) is 0 Å². The normalized spacial score (nSPS) is 11.2. The van der Waals surface area contributed by atoms with Crippen molar-refractivity contribution < 1.29 is 22.4 Å². The zero-order chi connectivity index (χ0) is 20.7. The Labute approximate surface area is 177 Å². The molecule has 1 aromatic heterocycles. The summed E-state index contributed by atoms with van der Waals surface area (Å²) in [6.45, 7) is 0.431. The van der Waals surface area contributed by atoms with Crippen LogP contribution in [0.25, 0.3) is 0 Å². The highest BCUT2D eigenvalue weighted by Gasteiger charge is 2.15. The van der Waals surface area contributed by atoms with Gasteiger partial charge in [0, 0.05) is 11.0 Å². The molecule has 0 spiro atoms. The molecule has 152 valence electrons. The maximum Gasteiger partial charge on any atom is 0.286 e. The average molecular weight is 478 g/mol. The first-order valence-electron chi connectivity index (χ1n) is 8.97. The number of benzene rings is 2. The van der Waals surface area contributed by atoms with E-state index in [1.54, 1.807) is 42.5 Å². The van der Waals surface area contributed by atoms with Gasteiger partial charge in [0.15, 0.2) is 15.6 Å². The van der Waals surface area contributed by atoms with Gasteiger partial charge in [0.05, 0.1) is 10.6 Å². The first-order valence-corrected chi connectivity index (χ1v) is 11.4. The molecule has 0 saturated carbocycles. The Hall–Kier alpha value is -2.58. The molecule has 1 heterocycles. The molecule has 0 atom stereocenters. The van der Waals surface area contributed by atoms with Gasteiger partial charge in [-0.2, -0.15) is 0 Å². The molecular formula is C21H20BrNO5S. The summed E-state index contributed by atoms with van der Waals surface area (Å²) in [5, 5.41) is 2.67. The van der Waals surface area contributed by atoms with Crippen molar-refractivity contribution in [1.29, 1.82) is 0 Å². The number of sulfone groups is 1. The van der Waals surface area contributed by atoms with Crippen LogP contribution >= 0.6 is 15.9 Å². The minimum Gasteiger partial charge on any atom is -0.486 e. The van der Waals surface area contributed by atoms with Gasteiger partial charge < -0.3 is 14.5 Å². The smallest absolute Gasteiger partial charge is 0.286 e. The molecule has 0 aliphatic carbocycles. The van der Waals surface area contributed by atoms with Gasteiger partial charge in [-0.3, -0.25) is 4.79 Å². The van der Waals surface area contributed by atoms with E-state index in [9.17, 15) is 13.2 Å². The molecule has 3 rings (SSSR count). The zero-order valence-corrected chi connectivity index (χ0v) is 17.9. The third-order valence-corrected chi connectivity index (χ3v) is 6.40. The molecular weight excluding hydrogens is 458 g/mol. The van der Waals surface area contributed by atoms with Crippen molar-refractivity contribution >= 4 is 31.7 Å². The quantitative estimate of drug-likeness (QED) is 0.466. The Kier molecular flexibility index (Phi) is 7.11. The first kappa shape index (κ1) is 21.1. The number of furan rings is 1. The summed E-state index contributed by atoms with van der Waals surface area (Å²) >= 11 is 3.36. The predicted octanol–water partition coefficient (Wildman–Crippen LogP) is 4.21. The van der Waals surface area contributed by atoms with Crippen molar-refractivity contribution in [2.75, 3.05) is 12.3 Å². The van der Waals surface area contributed by atoms with Crippen LogP contribution in [0.1, 0.15) is 22.7 Å². The number of nitrogens with one attached hydrogen (secondary N) is 1. The van der Waals surface area contributed by atoms with Gasteiger partial charge in [-0.25, -0.2) is 8.42 Å². The van der Waals surface area contributed by atoms with E-state index in [4.69, 9.17) is 9.15 Å². The van der Waals surface area contributed by atoms with Crippen molar-refractivity contribution in [2.45, 2.75) is 17.9 Å². The van der Waals surface area contributed by atoms with Crippen molar-refractivity contribution in [3.8, 4) is 5.75 Å². The molecule has 6 nitrogen and oxygen atoms in total. The maximum atomic E-state index is 12.2. The molecule has 0 unspecified atom stereocenters. The third-order valence-electron chi connectivity index (χ3n) is 4.06. The monoisotopic (exact) mass is 477 g/mol. The molecule has 0 saturated heterocycles. The van der Waals surface area contributed by atoms with Gasteiger partial charge in [0.1, 0.15) is 18.1 Å². The maximum absolute atomic E-state index is 12.2. The summed E-state index contributed by atoms with van der Waals surface area (Å²) in [6.07, 6.45) is 0.309. The number of hydrogen-bond acceptors (Lipinski definition) is 5. The summed E-state index contributed by atoms with van der Waals surface area (Å²) < 4.78 is 36.5. The van der Waals surface area contributed by atoms with Gasteiger partial charge in [-0.05, 0) is 55.0 Å². The minimum absolute atomic E-state index is 0.0400. The Morgan fingerprint density at radius 3 is 2.45 bits per heavy atom. The van der Waals surface area contributed by atoms with Crippen LogP contribution in [0.2, 0.25) is 0 Å². The van der Waals surface area contributed by atoms with Crippen molar-refractivity contribution in [3.63, 3.8) is 0 Å². The number of amides is 1. The van der Waals surface area contributed by atoms with E-state index >= 15 is 0 Å². The summed E-state index contributed by atoms with van der Waals surface area (Å²) in [6, 6.07) is 18.9. The molecule has 0 bridgehead atoms. The first-order chi connectivity index (χ1) is 13.9. The summed E-state index contributed by atoms with van der Waals surface area (Å²) in [5.41, 5.74) is 0. The van der Waals surface area contributed by atoms with Crippen LogP contribution in [0.4, 0.5) is 0 Å². The second-order valence-corrected chi connectivity index (χ2v) is 9.27. The zero-order valence-electron chi connectivity index (χ0n) is 15.5. The highest BCUT2D eigenvalue weighted by molar-refractivity contribution is 9.10. The molecule has 2 aromatic carbocycles. The molecule has 0 aliphatic rings. The van der Waals surface area contributed by atoms with Crippen LogP contribution in [-0.4, -0.2) is 26.6 Å². The topological polar surface area (TPSA) is 85.6 Å². The van der Waals surface area contributed by atoms with E-state index in [0.717, 1.165) is 4.47 Å². The standard InChI is InChI=1S/C21H20BrNO5S/c22-16-7-9-17(10-8-16)27-15-18-11-12-20(28-18)21(24)23-13-4-14-29(25,26)19-5-2-1-3-6-19/h1-3,5-12H,4,13-15H2,(H,23,24). The van der Waals surface area contributed by atoms with Crippen LogP contribution in [0.15, 0.2) is 80.5 Å². The van der Waals surface area contributed by atoms with E-state index in [-0.39, 0.29) is 29.6 Å². The number of carbonyl (C=O) groups is 1. The molecule has 1 N–H and O–H groups in total. The Balaban J connectivity index is 1.43. The lowest BCUT2D eigenvalue weighted by Crippen LogP contribution is -2.25. The van der Waals surface area contributed by atoms with E-state index in [1.807, 2.05) is 24.3 Å². The number of carbonyl (C=O) groups excluding carboxylic acids is 1. The third kappa shape index (κ3) is 6.20. The van der Waals surface area contributed by atoms with Crippen molar-refractivity contribution in [1.82, 2.24) is 5.32 Å². The fraction of sp³-hybridized carbons (Fsp3) is 0.190. The number of hydrogen-bond donors (Lipinski definition) is 1. The van der Waals surface area contributed by atoms with Crippen molar-refractivity contribution in [3.05, 3.63) is 82.7 Å². The van der Waals surface area contributed by atoms with E-state index in [2.05, 4.69) is 21.2 Å². The molecule has 3 aromatic rings. The Morgan fingerprint density at radius 2 is 1.72 bits per heavy atom. The predicted molar refractivity (Wildman–Crippen MR) is 113 cm³/mol. The Bertz CT molecular complexity index is 1050. The van der Waals surface area contributed by atoms with Crippen LogP contribution in [-0.2, 0) is 16.4 Å². The van der Waals surface area contributed by atoms with Gasteiger partial charge >= 0.3 is 0 Å². The molecule has 1 amide bonds. The Morgan fingerprint density at radius 1 is 1.00 bits per heavy atom. The second-order valence-electron chi connectivity index (χ2n) is 6.25. The van der Waals surface area contributed by atoms with Crippen LogP contribution in [0.5, 0.6) is 5.75 Å². The summed E-state index contributed by atoms with van der Waals surface area (Å²) in [5.74, 6) is 0.934. The number of halogens is 1. The van der Waals surface area contributed by atoms with Crippen LogP contribution < -0.4 is 10.1 Å². The summed E-state index contributed by atoms with van der Waals surface area (Å²) in [7, 11) is -3.35. The molecule has 0 aliphatic heterocycles. The minimum atomic E-state index is -3.35. The van der Waals surface area contributed by atoms with Gasteiger partial charge in [-0.1, -0.05) is 34.1 Å². The highest BCUT2D eigenvalue weighted by atomic mass is 79.9. The molecule has 29 heavy (non-hydrogen) atoms.